The second kappa shape index (κ2) is 6.94. The van der Waals surface area contributed by atoms with Crippen molar-refractivity contribution in [3.63, 3.8) is 0 Å². The molecule has 4 nitrogen and oxygen atoms in total. The summed E-state index contributed by atoms with van der Waals surface area (Å²) in [6.07, 6.45) is 1.22. The molecule has 21 heavy (non-hydrogen) atoms. The van der Waals surface area contributed by atoms with Gasteiger partial charge >= 0.3 is 0 Å². The summed E-state index contributed by atoms with van der Waals surface area (Å²) in [7, 11) is 0. The second-order valence-electron chi connectivity index (χ2n) is 6.35. The molecule has 116 valence electrons. The summed E-state index contributed by atoms with van der Waals surface area (Å²) in [4.78, 5) is 16.9. The number of piperazine rings is 1. The Bertz CT molecular complexity index is 491. The molecule has 0 aliphatic carbocycles. The van der Waals surface area contributed by atoms with Crippen LogP contribution in [0.15, 0.2) is 18.2 Å². The first-order valence-corrected chi connectivity index (χ1v) is 7.85. The number of nitrogens with two attached hydrogens (primary N) is 1. The number of nitrogens with zero attached hydrogens (tertiary/aromatic N) is 2. The Kier molecular flexibility index (Phi) is 5.23. The summed E-state index contributed by atoms with van der Waals surface area (Å²) in [5.41, 5.74) is 8.27. The van der Waals surface area contributed by atoms with Crippen LogP contribution in [-0.2, 0) is 0 Å². The van der Waals surface area contributed by atoms with Crippen molar-refractivity contribution < 1.29 is 4.79 Å². The van der Waals surface area contributed by atoms with E-state index in [4.69, 9.17) is 5.73 Å². The van der Waals surface area contributed by atoms with Gasteiger partial charge in [0.05, 0.1) is 5.56 Å². The molecule has 1 aliphatic rings. The van der Waals surface area contributed by atoms with E-state index in [0.29, 0.717) is 11.3 Å². The van der Waals surface area contributed by atoms with E-state index in [-0.39, 0.29) is 5.91 Å². The lowest BCUT2D eigenvalue weighted by Crippen LogP contribution is -2.49. The molecule has 1 amide bonds. The maximum Gasteiger partial charge on any atom is 0.256 e. The van der Waals surface area contributed by atoms with Crippen LogP contribution in [0.4, 0.5) is 5.69 Å². The molecule has 0 spiro atoms. The highest BCUT2D eigenvalue weighted by atomic mass is 16.2. The highest BCUT2D eigenvalue weighted by Gasteiger charge is 2.23. The average molecular weight is 289 g/mol. The zero-order valence-electron chi connectivity index (χ0n) is 13.4. The maximum absolute atomic E-state index is 12.6. The number of benzene rings is 1. The first-order chi connectivity index (χ1) is 9.99. The van der Waals surface area contributed by atoms with Crippen molar-refractivity contribution in [1.29, 1.82) is 0 Å². The van der Waals surface area contributed by atoms with Crippen LogP contribution in [-0.4, -0.2) is 48.4 Å². The van der Waals surface area contributed by atoms with E-state index in [1.807, 2.05) is 30.0 Å². The predicted octanol–water partition coefficient (Wildman–Crippen LogP) is 2.38. The Morgan fingerprint density at radius 3 is 2.52 bits per heavy atom. The number of nitrogen functional groups attached to an aromatic ring is 1. The first kappa shape index (κ1) is 15.8. The van der Waals surface area contributed by atoms with Gasteiger partial charge < -0.3 is 10.6 Å². The molecule has 0 aromatic heterocycles. The number of anilines is 1. The fraction of sp³-hybridized carbons (Fsp3) is 0.588. The lowest BCUT2D eigenvalue weighted by atomic mass is 10.1. The van der Waals surface area contributed by atoms with Gasteiger partial charge in [-0.2, -0.15) is 0 Å². The smallest absolute Gasteiger partial charge is 0.256 e. The van der Waals surface area contributed by atoms with Crippen molar-refractivity contribution in [2.45, 2.75) is 27.2 Å². The van der Waals surface area contributed by atoms with Crippen LogP contribution in [0.25, 0.3) is 0 Å². The van der Waals surface area contributed by atoms with Crippen molar-refractivity contribution in [2.75, 3.05) is 38.5 Å². The number of hydrogen-bond acceptors (Lipinski definition) is 3. The maximum atomic E-state index is 12.6. The largest absolute Gasteiger partial charge is 0.398 e. The molecular weight excluding hydrogens is 262 g/mol. The Hall–Kier alpha value is -1.55. The summed E-state index contributed by atoms with van der Waals surface area (Å²) < 4.78 is 0. The van der Waals surface area contributed by atoms with Crippen LogP contribution in [0.2, 0.25) is 0 Å². The minimum Gasteiger partial charge on any atom is -0.398 e. The van der Waals surface area contributed by atoms with Crippen molar-refractivity contribution in [1.82, 2.24) is 9.80 Å². The molecule has 1 saturated heterocycles. The molecule has 1 aliphatic heterocycles. The molecule has 1 aromatic rings. The van der Waals surface area contributed by atoms with E-state index >= 15 is 0 Å². The summed E-state index contributed by atoms with van der Waals surface area (Å²) in [5.74, 6) is 0.802. The van der Waals surface area contributed by atoms with E-state index in [0.717, 1.165) is 44.2 Å². The average Bonchev–Trinajstić information content (AvgIpc) is 2.48. The highest BCUT2D eigenvalue weighted by Crippen LogP contribution is 2.19. The molecule has 4 heteroatoms. The van der Waals surface area contributed by atoms with Gasteiger partial charge in [-0.15, -0.1) is 0 Å². The minimum atomic E-state index is 0.0692. The quantitative estimate of drug-likeness (QED) is 0.866. The summed E-state index contributed by atoms with van der Waals surface area (Å²) in [5, 5.41) is 0. The number of aryl methyl sites for hydroxylation is 1. The van der Waals surface area contributed by atoms with Crippen molar-refractivity contribution in [2.24, 2.45) is 5.92 Å². The number of carbonyl (C=O) groups is 1. The SMILES string of the molecule is Cc1cccc(C(=O)N2CCN(CCC(C)C)CC2)c1N. The van der Waals surface area contributed by atoms with Gasteiger partial charge in [0.1, 0.15) is 0 Å². The van der Waals surface area contributed by atoms with Crippen molar-refractivity contribution >= 4 is 11.6 Å². The third-order valence-electron chi connectivity index (χ3n) is 4.24. The molecule has 0 bridgehead atoms. The molecular formula is C17H27N3O. The first-order valence-electron chi connectivity index (χ1n) is 7.85. The van der Waals surface area contributed by atoms with Crippen molar-refractivity contribution in [3.8, 4) is 0 Å². The minimum absolute atomic E-state index is 0.0692. The third kappa shape index (κ3) is 3.97. The third-order valence-corrected chi connectivity index (χ3v) is 4.24. The van der Waals surface area contributed by atoms with Gasteiger partial charge in [-0.05, 0) is 37.4 Å². The molecule has 0 radical (unpaired) electrons. The lowest BCUT2D eigenvalue weighted by molar-refractivity contribution is 0.0633. The number of hydrogen-bond donors (Lipinski definition) is 1. The zero-order chi connectivity index (χ0) is 15.4. The zero-order valence-corrected chi connectivity index (χ0v) is 13.4. The van der Waals surface area contributed by atoms with Crippen LogP contribution in [0.5, 0.6) is 0 Å². The monoisotopic (exact) mass is 289 g/mol. The van der Waals surface area contributed by atoms with E-state index in [2.05, 4.69) is 18.7 Å². The van der Waals surface area contributed by atoms with Gasteiger partial charge in [-0.25, -0.2) is 0 Å². The second-order valence-corrected chi connectivity index (χ2v) is 6.35. The van der Waals surface area contributed by atoms with E-state index < -0.39 is 0 Å². The summed E-state index contributed by atoms with van der Waals surface area (Å²) in [6.45, 7) is 11.1. The molecule has 0 unspecified atom stereocenters. The van der Waals surface area contributed by atoms with Gasteiger partial charge in [0.15, 0.2) is 0 Å². The normalized spacial score (nSPS) is 16.5. The molecule has 2 rings (SSSR count). The fourth-order valence-corrected chi connectivity index (χ4v) is 2.65. The Morgan fingerprint density at radius 1 is 1.24 bits per heavy atom. The Labute approximate surface area is 127 Å². The highest BCUT2D eigenvalue weighted by molar-refractivity contribution is 5.99. The Balaban J connectivity index is 1.93. The van der Waals surface area contributed by atoms with Gasteiger partial charge in [-0.3, -0.25) is 9.69 Å². The summed E-state index contributed by atoms with van der Waals surface area (Å²) >= 11 is 0. The van der Waals surface area contributed by atoms with Crippen LogP contribution in [0.3, 0.4) is 0 Å². The van der Waals surface area contributed by atoms with Crippen LogP contribution >= 0.6 is 0 Å². The molecule has 1 aromatic carbocycles. The van der Waals surface area contributed by atoms with Crippen LogP contribution in [0.1, 0.15) is 36.2 Å². The number of rotatable bonds is 4. The van der Waals surface area contributed by atoms with Gasteiger partial charge in [0.2, 0.25) is 0 Å². The lowest BCUT2D eigenvalue weighted by Gasteiger charge is -2.35. The molecule has 1 fully saturated rings. The van der Waals surface area contributed by atoms with E-state index in [9.17, 15) is 4.79 Å². The van der Waals surface area contributed by atoms with Crippen LogP contribution in [0, 0.1) is 12.8 Å². The predicted molar refractivity (Wildman–Crippen MR) is 87.4 cm³/mol. The Morgan fingerprint density at radius 2 is 1.90 bits per heavy atom. The van der Waals surface area contributed by atoms with E-state index in [1.165, 1.54) is 6.42 Å². The molecule has 0 atom stereocenters. The van der Waals surface area contributed by atoms with Gasteiger partial charge in [0, 0.05) is 31.9 Å². The fourth-order valence-electron chi connectivity index (χ4n) is 2.65. The number of amides is 1. The van der Waals surface area contributed by atoms with E-state index in [1.54, 1.807) is 0 Å². The number of carbonyl (C=O) groups excluding carboxylic acids is 1. The van der Waals surface area contributed by atoms with Gasteiger partial charge in [0.25, 0.3) is 5.91 Å². The standard InChI is InChI=1S/C17H27N3O/c1-13(2)7-8-19-9-11-20(12-10-19)17(21)15-6-4-5-14(3)16(15)18/h4-6,13H,7-12,18H2,1-3H3. The molecule has 1 heterocycles. The summed E-state index contributed by atoms with van der Waals surface area (Å²) in [6, 6.07) is 5.67. The van der Waals surface area contributed by atoms with Crippen molar-refractivity contribution in [3.05, 3.63) is 29.3 Å². The van der Waals surface area contributed by atoms with Crippen LogP contribution < -0.4 is 5.73 Å². The number of para-hydroxylation sites is 1. The molecule has 0 saturated carbocycles. The van der Waals surface area contributed by atoms with Gasteiger partial charge in [-0.1, -0.05) is 26.0 Å². The molecule has 2 N–H and O–H groups in total. The topological polar surface area (TPSA) is 49.6 Å².